The zero-order valence-electron chi connectivity index (χ0n) is 13.3. The van der Waals surface area contributed by atoms with Crippen LogP contribution in [-0.4, -0.2) is 22.4 Å². The van der Waals surface area contributed by atoms with Crippen LogP contribution in [0.2, 0.25) is 0 Å². The Morgan fingerprint density at radius 3 is 2.96 bits per heavy atom. The Hall–Kier alpha value is -1.75. The lowest BCUT2D eigenvalue weighted by atomic mass is 10.0. The maximum Gasteiger partial charge on any atom is 0.226 e. The first-order valence-electron chi connectivity index (χ1n) is 8.44. The number of nitrogens with one attached hydrogen (secondary N) is 1. The average molecular weight is 329 g/mol. The SMILES string of the molecule is O=C(Cc1csc(-c2ccccn2)n1)NCCCC1CCCC1. The third-order valence-corrected chi connectivity index (χ3v) is 5.28. The monoisotopic (exact) mass is 329 g/mol. The number of carbonyl (C=O) groups is 1. The molecule has 1 N–H and O–H groups in total. The zero-order chi connectivity index (χ0) is 15.9. The predicted octanol–water partition coefficient (Wildman–Crippen LogP) is 3.83. The number of rotatable bonds is 7. The minimum Gasteiger partial charge on any atom is -0.356 e. The first kappa shape index (κ1) is 16.1. The van der Waals surface area contributed by atoms with Crippen LogP contribution in [0.4, 0.5) is 0 Å². The summed E-state index contributed by atoms with van der Waals surface area (Å²) in [6.07, 6.45) is 9.98. The molecule has 1 saturated carbocycles. The van der Waals surface area contributed by atoms with E-state index < -0.39 is 0 Å². The number of hydrogen-bond acceptors (Lipinski definition) is 4. The molecule has 0 aliphatic heterocycles. The van der Waals surface area contributed by atoms with Crippen molar-refractivity contribution in [2.75, 3.05) is 6.54 Å². The summed E-state index contributed by atoms with van der Waals surface area (Å²) in [5.41, 5.74) is 1.68. The lowest BCUT2D eigenvalue weighted by Crippen LogP contribution is -2.26. The van der Waals surface area contributed by atoms with Gasteiger partial charge in [-0.05, 0) is 30.9 Å². The van der Waals surface area contributed by atoms with E-state index >= 15 is 0 Å². The molecular weight excluding hydrogens is 306 g/mol. The van der Waals surface area contributed by atoms with Gasteiger partial charge in [0.25, 0.3) is 0 Å². The summed E-state index contributed by atoms with van der Waals surface area (Å²) in [5, 5.41) is 5.83. The number of amides is 1. The van der Waals surface area contributed by atoms with Crippen LogP contribution >= 0.6 is 11.3 Å². The molecule has 0 radical (unpaired) electrons. The van der Waals surface area contributed by atoms with E-state index in [-0.39, 0.29) is 5.91 Å². The Kier molecular flexibility index (Phi) is 5.75. The number of nitrogens with zero attached hydrogens (tertiary/aromatic N) is 2. The van der Waals surface area contributed by atoms with E-state index in [1.165, 1.54) is 43.4 Å². The molecule has 2 aromatic rings. The van der Waals surface area contributed by atoms with Gasteiger partial charge in [0.15, 0.2) is 0 Å². The number of pyridine rings is 1. The highest BCUT2D eigenvalue weighted by Gasteiger charge is 2.14. The number of thiazole rings is 1. The van der Waals surface area contributed by atoms with E-state index in [0.717, 1.165) is 35.3 Å². The molecule has 1 aliphatic rings. The van der Waals surface area contributed by atoms with Gasteiger partial charge in [-0.1, -0.05) is 31.7 Å². The number of aromatic nitrogens is 2. The van der Waals surface area contributed by atoms with Crippen molar-refractivity contribution in [1.82, 2.24) is 15.3 Å². The maximum absolute atomic E-state index is 12.0. The van der Waals surface area contributed by atoms with Crippen LogP contribution in [0.3, 0.4) is 0 Å². The highest BCUT2D eigenvalue weighted by Crippen LogP contribution is 2.28. The molecule has 122 valence electrons. The van der Waals surface area contributed by atoms with Gasteiger partial charge in [-0.25, -0.2) is 4.98 Å². The van der Waals surface area contributed by atoms with Crippen molar-refractivity contribution < 1.29 is 4.79 Å². The van der Waals surface area contributed by atoms with Gasteiger partial charge in [-0.3, -0.25) is 9.78 Å². The molecule has 0 unspecified atom stereocenters. The van der Waals surface area contributed by atoms with E-state index in [1.807, 2.05) is 23.6 Å². The van der Waals surface area contributed by atoms with E-state index in [4.69, 9.17) is 0 Å². The lowest BCUT2D eigenvalue weighted by molar-refractivity contribution is -0.120. The molecule has 0 aromatic carbocycles. The normalized spacial score (nSPS) is 15.0. The van der Waals surface area contributed by atoms with Gasteiger partial charge in [-0.2, -0.15) is 0 Å². The van der Waals surface area contributed by atoms with Crippen LogP contribution in [0.5, 0.6) is 0 Å². The standard InChI is InChI=1S/C18H23N3OS/c22-17(20-11-5-8-14-6-1-2-7-14)12-15-13-23-18(21-15)16-9-3-4-10-19-16/h3-4,9-10,13-14H,1-2,5-8,11-12H2,(H,20,22). The van der Waals surface area contributed by atoms with Crippen LogP contribution in [0, 0.1) is 5.92 Å². The van der Waals surface area contributed by atoms with Crippen LogP contribution in [0.15, 0.2) is 29.8 Å². The van der Waals surface area contributed by atoms with E-state index in [9.17, 15) is 4.79 Å². The number of carbonyl (C=O) groups excluding carboxylic acids is 1. The molecule has 0 spiro atoms. The predicted molar refractivity (Wildman–Crippen MR) is 93.3 cm³/mol. The van der Waals surface area contributed by atoms with Gasteiger partial charge in [0, 0.05) is 18.1 Å². The minimum absolute atomic E-state index is 0.0642. The quantitative estimate of drug-likeness (QED) is 0.785. The van der Waals surface area contributed by atoms with E-state index in [0.29, 0.717) is 6.42 Å². The van der Waals surface area contributed by atoms with Crippen molar-refractivity contribution in [2.45, 2.75) is 44.9 Å². The van der Waals surface area contributed by atoms with Crippen LogP contribution in [0.25, 0.3) is 10.7 Å². The largest absolute Gasteiger partial charge is 0.356 e. The fourth-order valence-electron chi connectivity index (χ4n) is 3.14. The molecule has 1 aliphatic carbocycles. The van der Waals surface area contributed by atoms with E-state index in [1.54, 1.807) is 6.20 Å². The fourth-order valence-corrected chi connectivity index (χ4v) is 3.93. The molecule has 1 amide bonds. The second-order valence-corrected chi connectivity index (χ2v) is 7.04. The van der Waals surface area contributed by atoms with Gasteiger partial charge < -0.3 is 5.32 Å². The molecule has 0 bridgehead atoms. The Morgan fingerprint density at radius 1 is 1.30 bits per heavy atom. The molecule has 4 nitrogen and oxygen atoms in total. The summed E-state index contributed by atoms with van der Waals surface area (Å²) in [4.78, 5) is 20.8. The summed E-state index contributed by atoms with van der Waals surface area (Å²) >= 11 is 1.54. The summed E-state index contributed by atoms with van der Waals surface area (Å²) in [5.74, 6) is 0.959. The summed E-state index contributed by atoms with van der Waals surface area (Å²) in [7, 11) is 0. The maximum atomic E-state index is 12.0. The lowest BCUT2D eigenvalue weighted by Gasteiger charge is -2.08. The molecule has 0 saturated heterocycles. The average Bonchev–Trinajstić information content (AvgIpc) is 3.24. The van der Waals surface area contributed by atoms with Crippen molar-refractivity contribution in [3.05, 3.63) is 35.5 Å². The van der Waals surface area contributed by atoms with Gasteiger partial charge in [0.2, 0.25) is 5.91 Å². The Morgan fingerprint density at radius 2 is 2.17 bits per heavy atom. The second kappa shape index (κ2) is 8.20. The molecular formula is C18H23N3OS. The number of hydrogen-bond donors (Lipinski definition) is 1. The molecule has 23 heavy (non-hydrogen) atoms. The molecule has 5 heteroatoms. The topological polar surface area (TPSA) is 54.9 Å². The third-order valence-electron chi connectivity index (χ3n) is 4.36. The Labute approximate surface area is 141 Å². The molecule has 0 atom stereocenters. The summed E-state index contributed by atoms with van der Waals surface area (Å²) in [6.45, 7) is 0.784. The van der Waals surface area contributed by atoms with Crippen LogP contribution in [-0.2, 0) is 11.2 Å². The first-order valence-corrected chi connectivity index (χ1v) is 9.32. The second-order valence-electron chi connectivity index (χ2n) is 6.18. The summed E-state index contributed by atoms with van der Waals surface area (Å²) < 4.78 is 0. The van der Waals surface area contributed by atoms with Gasteiger partial charge >= 0.3 is 0 Å². The third kappa shape index (κ3) is 4.86. The van der Waals surface area contributed by atoms with Crippen molar-refractivity contribution in [1.29, 1.82) is 0 Å². The van der Waals surface area contributed by atoms with Crippen molar-refractivity contribution >= 4 is 17.2 Å². The minimum atomic E-state index is 0.0642. The molecule has 2 heterocycles. The van der Waals surface area contributed by atoms with E-state index in [2.05, 4.69) is 15.3 Å². The Bertz CT molecular complexity index is 620. The molecule has 2 aromatic heterocycles. The molecule has 3 rings (SSSR count). The van der Waals surface area contributed by atoms with Gasteiger partial charge in [-0.15, -0.1) is 11.3 Å². The van der Waals surface area contributed by atoms with Crippen molar-refractivity contribution in [2.24, 2.45) is 5.92 Å². The highest BCUT2D eigenvalue weighted by molar-refractivity contribution is 7.13. The smallest absolute Gasteiger partial charge is 0.226 e. The van der Waals surface area contributed by atoms with Crippen LogP contribution in [0.1, 0.15) is 44.2 Å². The fraction of sp³-hybridized carbons (Fsp3) is 0.500. The Balaban J connectivity index is 1.40. The van der Waals surface area contributed by atoms with Crippen molar-refractivity contribution in [3.63, 3.8) is 0 Å². The highest BCUT2D eigenvalue weighted by atomic mass is 32.1. The first-order chi connectivity index (χ1) is 11.3. The van der Waals surface area contributed by atoms with Gasteiger partial charge in [0.05, 0.1) is 17.8 Å². The van der Waals surface area contributed by atoms with Crippen molar-refractivity contribution in [3.8, 4) is 10.7 Å². The molecule has 1 fully saturated rings. The van der Waals surface area contributed by atoms with Gasteiger partial charge in [0.1, 0.15) is 5.01 Å². The zero-order valence-corrected chi connectivity index (χ0v) is 14.1. The summed E-state index contributed by atoms with van der Waals surface area (Å²) in [6, 6.07) is 5.77. The van der Waals surface area contributed by atoms with Crippen LogP contribution < -0.4 is 5.32 Å².